The fourth-order valence-electron chi connectivity index (χ4n) is 11.1. The number of ether oxygens (including phenoxy) is 4. The second-order valence-corrected chi connectivity index (χ2v) is 29.7. The van der Waals surface area contributed by atoms with Gasteiger partial charge in [0.1, 0.15) is 19.3 Å². The molecule has 0 aliphatic rings. The van der Waals surface area contributed by atoms with Crippen molar-refractivity contribution in [2.75, 3.05) is 39.6 Å². The lowest BCUT2D eigenvalue weighted by atomic mass is 9.99. The fraction of sp³-hybridized carbons (Fsp3) is 0.945. The van der Waals surface area contributed by atoms with E-state index in [0.717, 1.165) is 102 Å². The number of phosphoric ester groups is 2. The lowest BCUT2D eigenvalue weighted by molar-refractivity contribution is -0.161. The predicted molar refractivity (Wildman–Crippen MR) is 372 cm³/mol. The normalized spacial score (nSPS) is 14.7. The maximum atomic E-state index is 13.1. The first-order valence-corrected chi connectivity index (χ1v) is 41.1. The topological polar surface area (TPSA) is 237 Å². The summed E-state index contributed by atoms with van der Waals surface area (Å²) in [5.74, 6) is -0.627. The summed E-state index contributed by atoms with van der Waals surface area (Å²) in [5.41, 5.74) is 0. The lowest BCUT2D eigenvalue weighted by Crippen LogP contribution is -2.30. The Morgan fingerprint density at radius 1 is 0.304 bits per heavy atom. The minimum atomic E-state index is -4.95. The zero-order chi connectivity index (χ0) is 67.9. The molecule has 0 aromatic heterocycles. The Kier molecular flexibility index (Phi) is 63.7. The first-order chi connectivity index (χ1) is 44.4. The summed E-state index contributed by atoms with van der Waals surface area (Å²) in [5, 5.41) is 10.6. The van der Waals surface area contributed by atoms with Crippen LogP contribution in [0.15, 0.2) is 0 Å². The van der Waals surface area contributed by atoms with E-state index in [9.17, 15) is 43.2 Å². The van der Waals surface area contributed by atoms with Gasteiger partial charge in [-0.2, -0.15) is 0 Å². The van der Waals surface area contributed by atoms with Gasteiger partial charge in [0.15, 0.2) is 12.2 Å². The van der Waals surface area contributed by atoms with E-state index in [1.807, 2.05) is 0 Å². The molecule has 7 atom stereocenters. The second-order valence-electron chi connectivity index (χ2n) is 26.8. The number of rotatable bonds is 72. The van der Waals surface area contributed by atoms with E-state index in [0.29, 0.717) is 25.7 Å². The number of hydrogen-bond donors (Lipinski definition) is 3. The van der Waals surface area contributed by atoms with Crippen LogP contribution in [-0.2, 0) is 65.4 Å². The van der Waals surface area contributed by atoms with E-state index in [1.54, 1.807) is 0 Å². The molecule has 0 aromatic rings. The van der Waals surface area contributed by atoms with E-state index < -0.39 is 97.5 Å². The van der Waals surface area contributed by atoms with Crippen LogP contribution >= 0.6 is 15.6 Å². The van der Waals surface area contributed by atoms with Crippen molar-refractivity contribution in [3.05, 3.63) is 0 Å². The van der Waals surface area contributed by atoms with Gasteiger partial charge in [0.25, 0.3) is 0 Å². The van der Waals surface area contributed by atoms with Crippen LogP contribution in [0.4, 0.5) is 0 Å². The van der Waals surface area contributed by atoms with E-state index in [1.165, 1.54) is 193 Å². The highest BCUT2D eigenvalue weighted by Gasteiger charge is 2.30. The third-order valence-corrected chi connectivity index (χ3v) is 19.6. The molecule has 0 fully saturated rings. The highest BCUT2D eigenvalue weighted by atomic mass is 31.2. The van der Waals surface area contributed by atoms with Gasteiger partial charge in [-0.1, -0.05) is 324 Å². The number of esters is 4. The van der Waals surface area contributed by atoms with Gasteiger partial charge in [0, 0.05) is 25.7 Å². The number of unbranched alkanes of at least 4 members (excludes halogenated alkanes) is 40. The number of aliphatic hydroxyl groups excluding tert-OH is 1. The standard InChI is InChI=1S/C73H142O17P2/c1-7-11-13-15-17-19-21-22-23-24-25-26-27-28-29-30-32-38-45-51-57-72(77)89-68(61-84-71(76)56-50-44-37-34-33-35-41-47-53-65(5)9-3)63-87-91(79,80)85-59-67(74)60-86-92(81,82)88-64-69(90-73(78)58-52-46-40-39-42-48-54-66(6)10-4)62-83-70(75)55-49-43-36-31-20-18-16-14-12-8-2/h65-69,74H,7-64H2,1-6H3,(H,79,80)(H,81,82)/t65?,66?,67-,68-,69-/m1/s1. The largest absolute Gasteiger partial charge is 0.472 e. The van der Waals surface area contributed by atoms with Crippen molar-refractivity contribution in [3.8, 4) is 0 Å². The molecule has 0 saturated carbocycles. The average molecular weight is 1350 g/mol. The minimum absolute atomic E-state index is 0.103. The molecule has 0 saturated heterocycles. The first-order valence-electron chi connectivity index (χ1n) is 38.1. The third-order valence-electron chi connectivity index (χ3n) is 17.7. The molecule has 0 aromatic carbocycles. The smallest absolute Gasteiger partial charge is 0.462 e. The Balaban J connectivity index is 5.20. The molecule has 0 spiro atoms. The summed E-state index contributed by atoms with van der Waals surface area (Å²) in [6.45, 7) is 9.51. The maximum Gasteiger partial charge on any atom is 0.472 e. The second kappa shape index (κ2) is 65.0. The molecular weight excluding hydrogens is 1210 g/mol. The van der Waals surface area contributed by atoms with E-state index >= 15 is 0 Å². The van der Waals surface area contributed by atoms with Crippen molar-refractivity contribution in [2.45, 2.75) is 394 Å². The summed E-state index contributed by atoms with van der Waals surface area (Å²) in [6, 6.07) is 0. The molecule has 0 radical (unpaired) electrons. The number of phosphoric acid groups is 2. The zero-order valence-electron chi connectivity index (χ0n) is 59.9. The molecule has 546 valence electrons. The van der Waals surface area contributed by atoms with Crippen LogP contribution in [0.5, 0.6) is 0 Å². The van der Waals surface area contributed by atoms with Crippen LogP contribution in [-0.4, -0.2) is 96.7 Å². The maximum absolute atomic E-state index is 13.1. The van der Waals surface area contributed by atoms with Crippen molar-refractivity contribution in [1.29, 1.82) is 0 Å². The van der Waals surface area contributed by atoms with Gasteiger partial charge in [0.2, 0.25) is 0 Å². The summed E-state index contributed by atoms with van der Waals surface area (Å²) < 4.78 is 68.3. The predicted octanol–water partition coefficient (Wildman–Crippen LogP) is 21.2. The number of hydrogen-bond acceptors (Lipinski definition) is 15. The SMILES string of the molecule is CCCCCCCCCCCCCCCCCCCCCCC(=O)O[C@H](COC(=O)CCCCCCCCCCC(C)CC)COP(=O)(O)OC[C@@H](O)COP(=O)(O)OC[C@@H](COC(=O)CCCCCCCCCCCC)OC(=O)CCCCCCCCC(C)CC. The van der Waals surface area contributed by atoms with Gasteiger partial charge in [-0.25, -0.2) is 9.13 Å². The molecule has 19 heteroatoms. The van der Waals surface area contributed by atoms with Crippen molar-refractivity contribution < 1.29 is 80.2 Å². The molecule has 0 rings (SSSR count). The molecule has 17 nitrogen and oxygen atoms in total. The van der Waals surface area contributed by atoms with E-state index in [-0.39, 0.29) is 25.7 Å². The van der Waals surface area contributed by atoms with Crippen molar-refractivity contribution >= 4 is 39.5 Å². The van der Waals surface area contributed by atoms with Crippen molar-refractivity contribution in [3.63, 3.8) is 0 Å². The summed E-state index contributed by atoms with van der Waals surface area (Å²) >= 11 is 0. The quantitative estimate of drug-likeness (QED) is 0.0222. The molecule has 0 bridgehead atoms. The van der Waals surface area contributed by atoms with Crippen LogP contribution in [0.2, 0.25) is 0 Å². The number of carbonyl (C=O) groups is 4. The highest BCUT2D eigenvalue weighted by Crippen LogP contribution is 2.45. The third kappa shape index (κ3) is 64.1. The Morgan fingerprint density at radius 2 is 0.522 bits per heavy atom. The Labute approximate surface area is 562 Å². The lowest BCUT2D eigenvalue weighted by Gasteiger charge is -2.21. The Morgan fingerprint density at radius 3 is 0.772 bits per heavy atom. The van der Waals surface area contributed by atoms with E-state index in [4.69, 9.17) is 37.0 Å². The van der Waals surface area contributed by atoms with Gasteiger partial charge in [0.05, 0.1) is 26.4 Å². The first kappa shape index (κ1) is 90.1. The summed E-state index contributed by atoms with van der Waals surface area (Å²) in [4.78, 5) is 72.6. The monoisotopic (exact) mass is 1350 g/mol. The molecule has 92 heavy (non-hydrogen) atoms. The van der Waals surface area contributed by atoms with Gasteiger partial charge in [-0.15, -0.1) is 0 Å². The minimum Gasteiger partial charge on any atom is -0.462 e. The molecule has 0 amide bonds. The Bertz CT molecular complexity index is 1790. The van der Waals surface area contributed by atoms with Crippen LogP contribution in [0.3, 0.4) is 0 Å². The van der Waals surface area contributed by atoms with Crippen molar-refractivity contribution in [1.82, 2.24) is 0 Å². The van der Waals surface area contributed by atoms with Gasteiger partial charge in [-0.05, 0) is 37.5 Å². The van der Waals surface area contributed by atoms with Gasteiger partial charge in [-0.3, -0.25) is 37.3 Å². The molecular formula is C73H142O17P2. The highest BCUT2D eigenvalue weighted by molar-refractivity contribution is 7.47. The molecule has 0 aliphatic heterocycles. The number of carbonyl (C=O) groups excluding carboxylic acids is 4. The van der Waals surface area contributed by atoms with Gasteiger partial charge >= 0.3 is 39.5 Å². The molecule has 0 aliphatic carbocycles. The summed E-state index contributed by atoms with van der Waals surface area (Å²) in [6.07, 6.45) is 51.4. The summed E-state index contributed by atoms with van der Waals surface area (Å²) in [7, 11) is -9.90. The Hall–Kier alpha value is -1.94. The van der Waals surface area contributed by atoms with Crippen LogP contribution < -0.4 is 0 Å². The average Bonchev–Trinajstić information content (AvgIpc) is 2.12. The van der Waals surface area contributed by atoms with Crippen LogP contribution in [0.25, 0.3) is 0 Å². The van der Waals surface area contributed by atoms with E-state index in [2.05, 4.69) is 41.5 Å². The molecule has 4 unspecified atom stereocenters. The van der Waals surface area contributed by atoms with Crippen molar-refractivity contribution in [2.24, 2.45) is 11.8 Å². The molecule has 0 heterocycles. The van der Waals surface area contributed by atoms with Crippen LogP contribution in [0, 0.1) is 11.8 Å². The number of aliphatic hydroxyl groups is 1. The van der Waals surface area contributed by atoms with Crippen LogP contribution in [0.1, 0.15) is 375 Å². The van der Waals surface area contributed by atoms with Gasteiger partial charge < -0.3 is 33.8 Å². The fourth-order valence-corrected chi connectivity index (χ4v) is 12.6. The molecule has 3 N–H and O–H groups in total. The zero-order valence-corrected chi connectivity index (χ0v) is 61.6.